The first kappa shape index (κ1) is 8.72. The minimum Gasteiger partial charge on any atom is -0.334 e. The summed E-state index contributed by atoms with van der Waals surface area (Å²) in [6.45, 7) is 6.41. The Hall–Kier alpha value is -0.570. The molecule has 3 aliphatic rings. The van der Waals surface area contributed by atoms with E-state index in [1.807, 2.05) is 0 Å². The van der Waals surface area contributed by atoms with Gasteiger partial charge in [-0.25, -0.2) is 0 Å². The van der Waals surface area contributed by atoms with Crippen LogP contribution in [0.1, 0.15) is 20.3 Å². The summed E-state index contributed by atoms with van der Waals surface area (Å²) in [4.78, 5) is 14.3. The summed E-state index contributed by atoms with van der Waals surface area (Å²) in [6.07, 6.45) is 1.23. The van der Waals surface area contributed by atoms with Crippen LogP contribution in [0.4, 0.5) is 0 Å². The van der Waals surface area contributed by atoms with E-state index in [4.69, 9.17) is 0 Å². The normalized spacial score (nSPS) is 49.9. The summed E-state index contributed by atoms with van der Waals surface area (Å²) in [5.41, 5.74) is 0. The molecule has 3 heteroatoms. The quantitative estimate of drug-likeness (QED) is 0.658. The van der Waals surface area contributed by atoms with Crippen molar-refractivity contribution in [3.8, 4) is 0 Å². The van der Waals surface area contributed by atoms with Gasteiger partial charge in [-0.3, -0.25) is 4.79 Å². The molecule has 5 atom stereocenters. The minimum atomic E-state index is 0.346. The topological polar surface area (TPSA) is 32.3 Å². The lowest BCUT2D eigenvalue weighted by Gasteiger charge is -2.53. The van der Waals surface area contributed by atoms with Gasteiger partial charge < -0.3 is 10.2 Å². The van der Waals surface area contributed by atoms with E-state index in [9.17, 15) is 4.79 Å². The minimum absolute atomic E-state index is 0.346. The molecule has 0 aromatic rings. The SMILES string of the molecule is C[C@@H]1C(C(=O)N2C3CNCC2C3)[C@@H]1C. The smallest absolute Gasteiger partial charge is 0.226 e. The van der Waals surface area contributed by atoms with Gasteiger partial charge in [-0.05, 0) is 18.3 Å². The molecule has 2 heterocycles. The van der Waals surface area contributed by atoms with Crippen LogP contribution in [0.25, 0.3) is 0 Å². The monoisotopic (exact) mass is 194 g/mol. The molecule has 3 fully saturated rings. The predicted molar refractivity (Wildman–Crippen MR) is 53.7 cm³/mol. The van der Waals surface area contributed by atoms with E-state index in [0.29, 0.717) is 35.7 Å². The fourth-order valence-corrected chi connectivity index (χ4v) is 3.13. The number of rotatable bonds is 1. The molecule has 14 heavy (non-hydrogen) atoms. The van der Waals surface area contributed by atoms with Crippen LogP contribution >= 0.6 is 0 Å². The Bertz CT molecular complexity index is 256. The summed E-state index contributed by atoms with van der Waals surface area (Å²) in [5, 5.41) is 3.36. The lowest BCUT2D eigenvalue weighted by molar-refractivity contribution is -0.149. The number of fused-ring (bicyclic) bond motifs is 2. The molecule has 1 amide bonds. The zero-order valence-electron chi connectivity index (χ0n) is 8.86. The van der Waals surface area contributed by atoms with Gasteiger partial charge in [0.15, 0.2) is 0 Å². The van der Waals surface area contributed by atoms with Crippen LogP contribution in [0.5, 0.6) is 0 Å². The third-order valence-corrected chi connectivity index (χ3v) is 4.45. The molecule has 0 aromatic heterocycles. The maximum Gasteiger partial charge on any atom is 0.226 e. The highest BCUT2D eigenvalue weighted by molar-refractivity contribution is 5.83. The van der Waals surface area contributed by atoms with Crippen molar-refractivity contribution in [2.75, 3.05) is 13.1 Å². The van der Waals surface area contributed by atoms with Gasteiger partial charge in [0.25, 0.3) is 0 Å². The number of piperazine rings is 1. The average molecular weight is 194 g/mol. The molecule has 0 aromatic carbocycles. The van der Waals surface area contributed by atoms with Gasteiger partial charge in [0.05, 0.1) is 0 Å². The molecule has 1 saturated carbocycles. The Morgan fingerprint density at radius 3 is 2.21 bits per heavy atom. The molecule has 1 aliphatic carbocycles. The lowest BCUT2D eigenvalue weighted by atomic mass is 9.88. The molecular weight excluding hydrogens is 176 g/mol. The number of carbonyl (C=O) groups excluding carboxylic acids is 1. The van der Waals surface area contributed by atoms with Gasteiger partial charge in [0.1, 0.15) is 0 Å². The maximum absolute atomic E-state index is 12.1. The second-order valence-corrected chi connectivity index (χ2v) is 5.19. The molecule has 0 radical (unpaired) electrons. The molecule has 2 saturated heterocycles. The van der Waals surface area contributed by atoms with Gasteiger partial charge in [-0.15, -0.1) is 0 Å². The number of hydrogen-bond acceptors (Lipinski definition) is 2. The largest absolute Gasteiger partial charge is 0.334 e. The van der Waals surface area contributed by atoms with E-state index >= 15 is 0 Å². The van der Waals surface area contributed by atoms with Gasteiger partial charge >= 0.3 is 0 Å². The fourth-order valence-electron chi connectivity index (χ4n) is 3.13. The summed E-state index contributed by atoms with van der Waals surface area (Å²) >= 11 is 0. The van der Waals surface area contributed by atoms with Crippen LogP contribution in [0, 0.1) is 17.8 Å². The molecule has 3 rings (SSSR count). The molecule has 3 nitrogen and oxygen atoms in total. The van der Waals surface area contributed by atoms with Crippen LogP contribution in [-0.2, 0) is 4.79 Å². The molecular formula is C11H18N2O. The molecule has 1 N–H and O–H groups in total. The van der Waals surface area contributed by atoms with Gasteiger partial charge in [0, 0.05) is 31.1 Å². The van der Waals surface area contributed by atoms with E-state index in [1.165, 1.54) is 6.42 Å². The van der Waals surface area contributed by atoms with E-state index in [2.05, 4.69) is 24.1 Å². The number of amides is 1. The summed E-state index contributed by atoms with van der Waals surface area (Å²) in [5.74, 6) is 2.03. The Kier molecular flexibility index (Phi) is 1.69. The van der Waals surface area contributed by atoms with E-state index in [1.54, 1.807) is 0 Å². The second-order valence-electron chi connectivity index (χ2n) is 5.19. The van der Waals surface area contributed by atoms with Crippen LogP contribution in [0.2, 0.25) is 0 Å². The van der Waals surface area contributed by atoms with Gasteiger partial charge in [-0.1, -0.05) is 13.8 Å². The highest BCUT2D eigenvalue weighted by atomic mass is 16.2. The van der Waals surface area contributed by atoms with Crippen LogP contribution in [-0.4, -0.2) is 36.0 Å². The summed E-state index contributed by atoms with van der Waals surface area (Å²) < 4.78 is 0. The van der Waals surface area contributed by atoms with Crippen LogP contribution in [0.15, 0.2) is 0 Å². The van der Waals surface area contributed by atoms with Crippen molar-refractivity contribution in [2.24, 2.45) is 17.8 Å². The second kappa shape index (κ2) is 2.72. The third kappa shape index (κ3) is 0.991. The Balaban J connectivity index is 1.69. The average Bonchev–Trinajstić information content (AvgIpc) is 2.75. The highest BCUT2D eigenvalue weighted by Crippen LogP contribution is 2.48. The van der Waals surface area contributed by atoms with Crippen LogP contribution in [0.3, 0.4) is 0 Å². The first-order valence-electron chi connectivity index (χ1n) is 5.73. The number of nitrogens with zero attached hydrogens (tertiary/aromatic N) is 1. The van der Waals surface area contributed by atoms with Crippen molar-refractivity contribution in [2.45, 2.75) is 32.4 Å². The Morgan fingerprint density at radius 2 is 1.79 bits per heavy atom. The molecule has 2 bridgehead atoms. The summed E-state index contributed by atoms with van der Waals surface area (Å²) in [6, 6.07) is 1.03. The van der Waals surface area contributed by atoms with E-state index in [-0.39, 0.29) is 0 Å². The zero-order valence-corrected chi connectivity index (χ0v) is 8.86. The number of piperidine rings is 1. The zero-order chi connectivity index (χ0) is 9.87. The number of hydrogen-bond donors (Lipinski definition) is 1. The first-order valence-corrected chi connectivity index (χ1v) is 5.73. The third-order valence-electron chi connectivity index (χ3n) is 4.45. The maximum atomic E-state index is 12.1. The predicted octanol–water partition coefficient (Wildman–Crippen LogP) is 0.461. The molecule has 2 aliphatic heterocycles. The Morgan fingerprint density at radius 1 is 1.21 bits per heavy atom. The van der Waals surface area contributed by atoms with Crippen molar-refractivity contribution in [1.29, 1.82) is 0 Å². The highest BCUT2D eigenvalue weighted by Gasteiger charge is 2.54. The fraction of sp³-hybridized carbons (Fsp3) is 0.909. The first-order chi connectivity index (χ1) is 6.70. The van der Waals surface area contributed by atoms with Crippen molar-refractivity contribution in [3.63, 3.8) is 0 Å². The van der Waals surface area contributed by atoms with Gasteiger partial charge in [0.2, 0.25) is 5.91 Å². The van der Waals surface area contributed by atoms with Crippen molar-refractivity contribution in [3.05, 3.63) is 0 Å². The van der Waals surface area contributed by atoms with Crippen LogP contribution < -0.4 is 5.32 Å². The standard InChI is InChI=1S/C11H18N2O/c1-6-7(2)10(6)11(14)13-8-3-9(13)5-12-4-8/h6-10,12H,3-5H2,1-2H3/t6-,7+,8?,9?,10?. The van der Waals surface area contributed by atoms with Crippen molar-refractivity contribution >= 4 is 5.91 Å². The lowest BCUT2D eigenvalue weighted by Crippen LogP contribution is -2.69. The molecule has 3 unspecified atom stereocenters. The van der Waals surface area contributed by atoms with Gasteiger partial charge in [-0.2, -0.15) is 0 Å². The number of carbonyl (C=O) groups is 1. The molecule has 78 valence electrons. The molecule has 0 spiro atoms. The Labute approximate surface area is 84.8 Å². The summed E-state index contributed by atoms with van der Waals surface area (Å²) in [7, 11) is 0. The van der Waals surface area contributed by atoms with E-state index in [0.717, 1.165) is 13.1 Å². The number of nitrogens with one attached hydrogen (secondary N) is 1. The van der Waals surface area contributed by atoms with Crippen molar-refractivity contribution in [1.82, 2.24) is 10.2 Å². The van der Waals surface area contributed by atoms with E-state index < -0.39 is 0 Å². The van der Waals surface area contributed by atoms with Crippen molar-refractivity contribution < 1.29 is 4.79 Å².